The number of fused-ring (bicyclic) bond motifs is 10. The highest BCUT2D eigenvalue weighted by atomic mass is 28.3. The lowest BCUT2D eigenvalue weighted by molar-refractivity contribution is 0.0464. The molecule has 0 atom stereocenters. The standard InChI is InChI=1S/C91H60B2O8Si/c1-55-41-70-74-46-62(90(96)100-53-58-27-13-4-14-28-58)44-72-68-42-61(89(95)99-52-57-25-11-3-12-26-57)38-40-78(68)93(86(72)74)80-49-76-81(102(64-31-17-6-18-32-64,65-33-19-7-20-34-65)66-35-21-8-22-36-66)50-71-75-47-63(91(97)101-54-59-29-15-5-16-30-59)45-73-69-43-60(88(94)98-51-56-23-9-2-10-24-56)37-39-77(69)92(87(73)75)79-48-67(55)84(82(70)80)85(76)83(71)79/h2-50H,51-54H2,1H3. The Labute approximate surface area is 590 Å². The largest absolute Gasteiger partial charge is 0.457 e. The van der Waals surface area contributed by atoms with E-state index in [-0.39, 0.29) is 39.9 Å². The van der Waals surface area contributed by atoms with Gasteiger partial charge in [0.15, 0.2) is 8.07 Å². The van der Waals surface area contributed by atoms with E-state index in [1.165, 1.54) is 20.7 Å². The summed E-state index contributed by atoms with van der Waals surface area (Å²) < 4.78 is 24.6. The second-order valence-electron chi connectivity index (χ2n) is 27.3. The molecule has 4 heterocycles. The highest BCUT2D eigenvalue weighted by Gasteiger charge is 2.49. The third-order valence-electron chi connectivity index (χ3n) is 21.6. The van der Waals surface area contributed by atoms with Crippen molar-refractivity contribution in [1.29, 1.82) is 0 Å². The average Bonchev–Trinajstić information content (AvgIpc) is 1.19. The molecule has 19 rings (SSSR count). The number of hydrogen-bond acceptors (Lipinski definition) is 8. The zero-order chi connectivity index (χ0) is 68.3. The van der Waals surface area contributed by atoms with E-state index in [1.807, 2.05) is 164 Å². The monoisotopic (exact) mass is 1330 g/mol. The smallest absolute Gasteiger partial charge is 0.338 e. The summed E-state index contributed by atoms with van der Waals surface area (Å²) in [6, 6.07) is 102. The third-order valence-corrected chi connectivity index (χ3v) is 26.5. The van der Waals surface area contributed by atoms with Crippen LogP contribution in [0.15, 0.2) is 297 Å². The Kier molecular flexibility index (Phi) is 14.4. The lowest BCUT2D eigenvalue weighted by Gasteiger charge is -2.38. The van der Waals surface area contributed by atoms with Crippen molar-refractivity contribution in [2.45, 2.75) is 33.4 Å². The molecule has 8 nitrogen and oxygen atoms in total. The fraction of sp³-hybridized carbons (Fsp3) is 0.0549. The van der Waals surface area contributed by atoms with Gasteiger partial charge in [-0.3, -0.25) is 0 Å². The molecule has 0 radical (unpaired) electrons. The number of rotatable bonds is 16. The number of ether oxygens (including phenoxy) is 4. The lowest BCUT2D eigenvalue weighted by Crippen LogP contribution is -2.75. The summed E-state index contributed by atoms with van der Waals surface area (Å²) in [4.78, 5) is 59.0. The zero-order valence-electron chi connectivity index (χ0n) is 55.5. The molecule has 0 aromatic heterocycles. The predicted octanol–water partition coefficient (Wildman–Crippen LogP) is 12.7. The van der Waals surface area contributed by atoms with E-state index >= 15 is 4.79 Å². The van der Waals surface area contributed by atoms with Crippen molar-refractivity contribution in [2.24, 2.45) is 0 Å². The Bertz CT molecular complexity index is 5820. The van der Waals surface area contributed by atoms with Gasteiger partial charge in [0.1, 0.15) is 26.4 Å². The van der Waals surface area contributed by atoms with Crippen LogP contribution in [0.2, 0.25) is 0 Å². The molecule has 0 N–H and O–H groups in total. The highest BCUT2D eigenvalue weighted by molar-refractivity contribution is 7.21. The minimum absolute atomic E-state index is 0.0774. The fourth-order valence-corrected chi connectivity index (χ4v) is 22.2. The average molecular weight is 1330 g/mol. The van der Waals surface area contributed by atoms with Gasteiger partial charge < -0.3 is 18.9 Å². The number of carbonyl (C=O) groups excluding carboxylic acids is 4. The third kappa shape index (κ3) is 9.59. The van der Waals surface area contributed by atoms with Crippen LogP contribution in [0.1, 0.15) is 69.2 Å². The molecule has 0 amide bonds. The van der Waals surface area contributed by atoms with Gasteiger partial charge in [-0.1, -0.05) is 281 Å². The summed E-state index contributed by atoms with van der Waals surface area (Å²) in [5.41, 5.74) is 19.8. The van der Waals surface area contributed by atoms with Crippen LogP contribution in [0.25, 0.3) is 76.8 Å². The molecule has 4 aliphatic heterocycles. The molecule has 0 aliphatic carbocycles. The summed E-state index contributed by atoms with van der Waals surface area (Å²) in [5.74, 6) is -1.82. The normalized spacial score (nSPS) is 12.4. The van der Waals surface area contributed by atoms with Crippen LogP contribution in [0, 0.1) is 6.92 Å². The maximum atomic E-state index is 15.2. The number of esters is 4. The van der Waals surface area contributed by atoms with E-state index in [0.717, 1.165) is 137 Å². The Morgan fingerprint density at radius 3 is 0.961 bits per heavy atom. The van der Waals surface area contributed by atoms with Crippen molar-refractivity contribution in [2.75, 3.05) is 0 Å². The summed E-state index contributed by atoms with van der Waals surface area (Å²) in [6.45, 7) is 1.93. The molecule has 15 aromatic rings. The fourth-order valence-electron chi connectivity index (χ4n) is 17.2. The lowest BCUT2D eigenvalue weighted by atomic mass is 9.34. The van der Waals surface area contributed by atoms with Gasteiger partial charge in [-0.2, -0.15) is 0 Å². The van der Waals surface area contributed by atoms with Gasteiger partial charge in [-0.25, -0.2) is 19.2 Å². The second-order valence-corrected chi connectivity index (χ2v) is 31.0. The van der Waals surface area contributed by atoms with Crippen LogP contribution in [0.3, 0.4) is 0 Å². The first-order valence-corrected chi connectivity index (χ1v) is 36.7. The van der Waals surface area contributed by atoms with E-state index in [2.05, 4.69) is 140 Å². The van der Waals surface area contributed by atoms with Crippen LogP contribution < -0.4 is 53.5 Å². The van der Waals surface area contributed by atoms with Crippen LogP contribution in [0.4, 0.5) is 0 Å². The molecule has 0 bridgehead atoms. The summed E-state index contributed by atoms with van der Waals surface area (Å²) in [5, 5.41) is 11.3. The van der Waals surface area contributed by atoms with E-state index in [9.17, 15) is 14.4 Å². The van der Waals surface area contributed by atoms with Crippen LogP contribution >= 0.6 is 0 Å². The van der Waals surface area contributed by atoms with E-state index in [4.69, 9.17) is 18.9 Å². The first kappa shape index (κ1) is 60.7. The minimum atomic E-state index is -3.53. The van der Waals surface area contributed by atoms with Gasteiger partial charge in [0.25, 0.3) is 0 Å². The number of aryl methyl sites for hydroxylation is 1. The van der Waals surface area contributed by atoms with E-state index < -0.39 is 32.0 Å². The molecule has 0 fully saturated rings. The molecule has 11 heteroatoms. The summed E-state index contributed by atoms with van der Waals surface area (Å²) in [7, 11) is -3.53. The van der Waals surface area contributed by atoms with Gasteiger partial charge in [-0.05, 0) is 181 Å². The Hall–Kier alpha value is -12.4. The van der Waals surface area contributed by atoms with Crippen molar-refractivity contribution in [3.05, 3.63) is 347 Å². The molecule has 15 aromatic carbocycles. The molecule has 0 saturated carbocycles. The zero-order valence-corrected chi connectivity index (χ0v) is 56.5. The second kappa shape index (κ2) is 24.2. The Balaban J connectivity index is 0.913. The van der Waals surface area contributed by atoms with Crippen molar-refractivity contribution in [3.8, 4) is 44.5 Å². The Morgan fingerprint density at radius 2 is 0.588 bits per heavy atom. The number of carbonyl (C=O) groups is 4. The van der Waals surface area contributed by atoms with Gasteiger partial charge in [0.05, 0.1) is 22.3 Å². The van der Waals surface area contributed by atoms with Crippen LogP contribution in [-0.2, 0) is 45.4 Å². The molecule has 4 aliphatic rings. The molecular weight excluding hydrogens is 1270 g/mol. The summed E-state index contributed by atoms with van der Waals surface area (Å²) in [6.07, 6.45) is 0. The molecule has 0 unspecified atom stereocenters. The number of hydrogen-bond donors (Lipinski definition) is 0. The van der Waals surface area contributed by atoms with Crippen molar-refractivity contribution in [3.63, 3.8) is 0 Å². The minimum Gasteiger partial charge on any atom is -0.457 e. The van der Waals surface area contributed by atoms with Gasteiger partial charge >= 0.3 is 23.9 Å². The number of benzene rings is 15. The first-order chi connectivity index (χ1) is 50.2. The molecule has 0 saturated heterocycles. The predicted molar refractivity (Wildman–Crippen MR) is 412 cm³/mol. The van der Waals surface area contributed by atoms with Gasteiger partial charge in [0, 0.05) is 0 Å². The molecule has 482 valence electrons. The van der Waals surface area contributed by atoms with Crippen LogP contribution in [0.5, 0.6) is 0 Å². The summed E-state index contributed by atoms with van der Waals surface area (Å²) >= 11 is 0. The first-order valence-electron chi connectivity index (χ1n) is 34.7. The SMILES string of the molecule is Cc1cc2c3c(cc4c([Si](c5ccccc5)(c5ccccc5)c5ccccc5)cc5c6c(cc1c3c46)B1c3ccc(C(=O)OCc4ccccc4)cc3-c3cc(C(=O)OCc4ccccc4)cc-5c31)B1c3ccc(C(=O)OCc4ccccc4)cc3-c3cc(C(=O)OCc4ccccc4)cc-2c31. The van der Waals surface area contributed by atoms with Crippen LogP contribution in [-0.4, -0.2) is 45.4 Å². The molecular formula is C91H60B2O8Si. The van der Waals surface area contributed by atoms with E-state index in [0.29, 0.717) is 22.3 Å². The van der Waals surface area contributed by atoms with Crippen molar-refractivity contribution in [1.82, 2.24) is 0 Å². The maximum Gasteiger partial charge on any atom is 0.338 e. The Morgan fingerprint density at radius 1 is 0.284 bits per heavy atom. The van der Waals surface area contributed by atoms with Crippen molar-refractivity contribution < 1.29 is 38.1 Å². The highest BCUT2D eigenvalue weighted by Crippen LogP contribution is 2.48. The van der Waals surface area contributed by atoms with Gasteiger partial charge in [-0.15, -0.1) is 0 Å². The molecule has 102 heavy (non-hydrogen) atoms. The quantitative estimate of drug-likeness (QED) is 0.0310. The van der Waals surface area contributed by atoms with E-state index in [1.54, 1.807) is 0 Å². The van der Waals surface area contributed by atoms with Gasteiger partial charge in [0.2, 0.25) is 13.4 Å². The maximum absolute atomic E-state index is 15.2. The molecule has 0 spiro atoms. The topological polar surface area (TPSA) is 105 Å². The van der Waals surface area contributed by atoms with Crippen molar-refractivity contribution >= 4 is 131 Å².